The number of nitrogens with zero attached hydrogens (tertiary/aromatic N) is 3. The van der Waals surface area contributed by atoms with E-state index in [-0.39, 0.29) is 35.5 Å². The van der Waals surface area contributed by atoms with Gasteiger partial charge in [-0.3, -0.25) is 14.4 Å². The summed E-state index contributed by atoms with van der Waals surface area (Å²) in [6.45, 7) is 15.9. The Morgan fingerprint density at radius 1 is 0.346 bits per heavy atom. The first-order valence-electron chi connectivity index (χ1n) is 27.4. The molecule has 9 aromatic rings. The number of aromatic nitrogens is 3. The van der Waals surface area contributed by atoms with Crippen molar-refractivity contribution in [3.05, 3.63) is 213 Å². The number of carbonyl (C=O) groups is 3. The lowest BCUT2D eigenvalue weighted by Gasteiger charge is -2.18. The van der Waals surface area contributed by atoms with Crippen molar-refractivity contribution >= 4 is 52.7 Å². The van der Waals surface area contributed by atoms with Gasteiger partial charge in [-0.15, -0.1) is 0 Å². The third-order valence-corrected chi connectivity index (χ3v) is 16.4. The molecular weight excluding hydrogens is 1070 g/mol. The molecule has 3 N–H and O–H groups in total. The fraction of sp³-hybridized carbons (Fsp3) is 0.261. The normalized spacial score (nSPS) is 14.9. The van der Waals surface area contributed by atoms with E-state index in [9.17, 15) is 29.7 Å². The van der Waals surface area contributed by atoms with Gasteiger partial charge < -0.3 is 29.0 Å². The van der Waals surface area contributed by atoms with Crippen molar-refractivity contribution < 1.29 is 29.7 Å². The molecule has 9 nitrogen and oxygen atoms in total. The first-order chi connectivity index (χ1) is 38.6. The maximum atomic E-state index is 11.7. The van der Waals surface area contributed by atoms with Gasteiger partial charge in [0.25, 0.3) is 0 Å². The molecule has 81 heavy (non-hydrogen) atoms. The lowest BCUT2D eigenvalue weighted by atomic mass is 9.86. The number of halogens is 3. The minimum absolute atomic E-state index is 0.00781. The fourth-order valence-corrected chi connectivity index (χ4v) is 13.0. The molecule has 0 bridgehead atoms. The SMILES string of the molecule is CC1(C)Cc2c(-c3ccccc3)c(-c3ccc(Cl)cc3)c(CC(=O)O)n2C1.CC1(C)Cc2c(-c3ccccc3)c(-c3ccc(Cl)cc3)c(CC(=O)O)n2C1.CC1(C)Cc2c(-c3ccccc3)c(-c3ccc(Cl)cc3)c(CC(=O)O)n2C1. The molecule has 0 unspecified atom stereocenters. The van der Waals surface area contributed by atoms with Crippen molar-refractivity contribution in [2.24, 2.45) is 16.2 Å². The van der Waals surface area contributed by atoms with E-state index in [1.165, 1.54) is 17.1 Å². The number of carboxylic acids is 3. The van der Waals surface area contributed by atoms with Crippen molar-refractivity contribution in [2.45, 2.75) is 99.7 Å². The Labute approximate surface area is 489 Å². The van der Waals surface area contributed by atoms with Crippen molar-refractivity contribution in [2.75, 3.05) is 0 Å². The standard InChI is InChI=1S/3C23H22ClNO2/c3*1-23(2)13-19-22(15-6-4-3-5-7-15)21(16-8-10-17(24)11-9-16)18(12-20(26)27)25(19)14-23/h3*3-11H,12-14H2,1-2H3,(H,26,27). The maximum absolute atomic E-state index is 11.7. The van der Waals surface area contributed by atoms with Crippen LogP contribution in [0.15, 0.2) is 164 Å². The molecule has 3 aromatic heterocycles. The van der Waals surface area contributed by atoms with Crippen molar-refractivity contribution in [1.29, 1.82) is 0 Å². The van der Waals surface area contributed by atoms with Crippen molar-refractivity contribution in [1.82, 2.24) is 13.7 Å². The van der Waals surface area contributed by atoms with E-state index in [2.05, 4.69) is 91.6 Å². The molecule has 0 atom stereocenters. The zero-order chi connectivity index (χ0) is 57.5. The fourth-order valence-electron chi connectivity index (χ4n) is 12.6. The van der Waals surface area contributed by atoms with Crippen molar-refractivity contribution in [3.63, 3.8) is 0 Å². The molecule has 0 aliphatic carbocycles. The highest BCUT2D eigenvalue weighted by atomic mass is 35.5. The molecule has 12 rings (SSSR count). The summed E-state index contributed by atoms with van der Waals surface area (Å²) in [6.07, 6.45) is 2.81. The largest absolute Gasteiger partial charge is 0.481 e. The van der Waals surface area contributed by atoms with Crippen molar-refractivity contribution in [3.8, 4) is 66.8 Å². The summed E-state index contributed by atoms with van der Waals surface area (Å²) >= 11 is 18.3. The van der Waals surface area contributed by atoms with Gasteiger partial charge in [0.1, 0.15) is 0 Å². The molecule has 0 fully saturated rings. The molecule has 6 aromatic carbocycles. The number of benzene rings is 6. The second kappa shape index (κ2) is 22.8. The lowest BCUT2D eigenvalue weighted by molar-refractivity contribution is -0.137. The van der Waals surface area contributed by atoms with Gasteiger partial charge in [0, 0.05) is 102 Å². The van der Waals surface area contributed by atoms with E-state index in [1.54, 1.807) is 0 Å². The van der Waals surface area contributed by atoms with E-state index in [4.69, 9.17) is 34.8 Å². The molecule has 0 spiro atoms. The van der Waals surface area contributed by atoms with Crippen LogP contribution in [-0.2, 0) is 72.5 Å². The number of fused-ring (bicyclic) bond motifs is 3. The highest BCUT2D eigenvalue weighted by molar-refractivity contribution is 6.31. The Morgan fingerprint density at radius 3 is 0.765 bits per heavy atom. The zero-order valence-electron chi connectivity index (χ0n) is 46.5. The van der Waals surface area contributed by atoms with E-state index < -0.39 is 17.9 Å². The average Bonchev–Trinajstić information content (AvgIpc) is 2.44. The molecule has 0 saturated heterocycles. The Kier molecular flexibility index (Phi) is 15.9. The van der Waals surface area contributed by atoms with Crippen LogP contribution in [0, 0.1) is 16.2 Å². The molecule has 6 heterocycles. The van der Waals surface area contributed by atoms with Crippen LogP contribution in [0.2, 0.25) is 15.1 Å². The number of rotatable bonds is 12. The van der Waals surface area contributed by atoms with Crippen LogP contribution in [-0.4, -0.2) is 46.9 Å². The molecule has 3 aliphatic rings. The van der Waals surface area contributed by atoms with Gasteiger partial charge >= 0.3 is 17.9 Å². The second-order valence-corrected chi connectivity index (χ2v) is 25.4. The van der Waals surface area contributed by atoms with Crippen LogP contribution in [0.1, 0.15) is 75.7 Å². The van der Waals surface area contributed by atoms with Gasteiger partial charge in [0.05, 0.1) is 19.3 Å². The van der Waals surface area contributed by atoms with Gasteiger partial charge in [-0.05, 0) is 105 Å². The maximum Gasteiger partial charge on any atom is 0.309 e. The predicted molar refractivity (Wildman–Crippen MR) is 327 cm³/mol. The molecular formula is C69H66Cl3N3O6. The number of hydrogen-bond donors (Lipinski definition) is 3. The van der Waals surface area contributed by atoms with Crippen LogP contribution in [0.5, 0.6) is 0 Å². The third-order valence-electron chi connectivity index (χ3n) is 15.7. The predicted octanol–water partition coefficient (Wildman–Crippen LogP) is 17.1. The quantitative estimate of drug-likeness (QED) is 0.112. The zero-order valence-corrected chi connectivity index (χ0v) is 48.8. The monoisotopic (exact) mass is 1140 g/mol. The summed E-state index contributed by atoms with van der Waals surface area (Å²) in [5.74, 6) is -2.43. The highest BCUT2D eigenvalue weighted by Crippen LogP contribution is 2.50. The topological polar surface area (TPSA) is 127 Å². The summed E-state index contributed by atoms with van der Waals surface area (Å²) < 4.78 is 6.71. The minimum Gasteiger partial charge on any atom is -0.481 e. The Balaban J connectivity index is 0.000000136. The van der Waals surface area contributed by atoms with Gasteiger partial charge in [0.15, 0.2) is 0 Å². The van der Waals surface area contributed by atoms with Gasteiger partial charge in [-0.2, -0.15) is 0 Å². The molecule has 3 aliphatic heterocycles. The first-order valence-corrected chi connectivity index (χ1v) is 28.5. The summed E-state index contributed by atoms with van der Waals surface area (Å²) in [7, 11) is 0. The number of aliphatic carboxylic acids is 3. The molecule has 0 saturated carbocycles. The third kappa shape index (κ3) is 12.1. The Morgan fingerprint density at radius 2 is 0.556 bits per heavy atom. The molecule has 0 radical (unpaired) electrons. The van der Waals surface area contributed by atoms with E-state index in [0.717, 1.165) is 123 Å². The summed E-state index contributed by atoms with van der Waals surface area (Å²) in [6, 6.07) is 53.9. The highest BCUT2D eigenvalue weighted by Gasteiger charge is 2.39. The van der Waals surface area contributed by atoms with Crippen LogP contribution in [0.3, 0.4) is 0 Å². The van der Waals surface area contributed by atoms with Crippen LogP contribution in [0.25, 0.3) is 66.8 Å². The van der Waals surface area contributed by atoms with Gasteiger partial charge in [-0.25, -0.2) is 0 Å². The molecule has 12 heteroatoms. The Hall–Kier alpha value is -7.56. The number of hydrogen-bond acceptors (Lipinski definition) is 3. The second-order valence-electron chi connectivity index (χ2n) is 24.0. The smallest absolute Gasteiger partial charge is 0.309 e. The summed E-state index contributed by atoms with van der Waals surface area (Å²) in [5.41, 5.74) is 19.6. The van der Waals surface area contributed by atoms with E-state index in [1.807, 2.05) is 127 Å². The van der Waals surface area contributed by atoms with Gasteiger partial charge in [-0.1, -0.05) is 204 Å². The van der Waals surface area contributed by atoms with Crippen LogP contribution >= 0.6 is 34.8 Å². The summed E-state index contributed by atoms with van der Waals surface area (Å²) in [5, 5.41) is 30.8. The first kappa shape index (κ1) is 56.7. The summed E-state index contributed by atoms with van der Waals surface area (Å²) in [4.78, 5) is 35.0. The Bertz CT molecular complexity index is 3400. The molecule has 0 amide bonds. The number of carboxylic acid groups (broad SMARTS) is 3. The van der Waals surface area contributed by atoms with E-state index in [0.29, 0.717) is 15.1 Å². The van der Waals surface area contributed by atoms with Crippen LogP contribution in [0.4, 0.5) is 0 Å². The van der Waals surface area contributed by atoms with Gasteiger partial charge in [0.2, 0.25) is 0 Å². The minimum atomic E-state index is -0.810. The lowest BCUT2D eigenvalue weighted by Crippen LogP contribution is -2.15. The molecule has 414 valence electrons. The van der Waals surface area contributed by atoms with Crippen LogP contribution < -0.4 is 0 Å². The van der Waals surface area contributed by atoms with E-state index >= 15 is 0 Å². The average molecular weight is 1140 g/mol.